The Bertz CT molecular complexity index is 2660. The van der Waals surface area contributed by atoms with Crippen LogP contribution in [0.15, 0.2) is 76.5 Å². The molecule has 0 spiro atoms. The Hall–Kier alpha value is -3.96. The molecule has 5 rings (SSSR count). The molecular formula is C38H42F4N4O2S. The number of amides is 1. The number of fused-ring (bicyclic) bond motifs is 1. The monoisotopic (exact) mass is 712 g/mol. The summed E-state index contributed by atoms with van der Waals surface area (Å²) in [4.78, 5) is 33.4. The van der Waals surface area contributed by atoms with Gasteiger partial charge in [0, 0.05) is 46.1 Å². The van der Waals surface area contributed by atoms with Gasteiger partial charge in [0.25, 0.3) is 5.56 Å². The molecule has 4 aromatic rings. The van der Waals surface area contributed by atoms with E-state index in [0.29, 0.717) is 17.3 Å². The first kappa shape index (κ1) is 19.4. The second-order valence-electron chi connectivity index (χ2n) is 10.5. The van der Waals surface area contributed by atoms with E-state index in [9.17, 15) is 27.8 Å². The second kappa shape index (κ2) is 15.7. The number of benzene rings is 3. The molecule has 11 heteroatoms. The predicted octanol–water partition coefficient (Wildman–Crippen LogP) is 7.77. The van der Waals surface area contributed by atoms with Crippen LogP contribution in [0, 0.1) is 18.6 Å². The third kappa shape index (κ3) is 8.99. The fraction of sp³-hybridized carbons (Fsp3) is 0.395. The quantitative estimate of drug-likeness (QED) is 0.0806. The van der Waals surface area contributed by atoms with E-state index >= 15 is 4.79 Å². The lowest BCUT2D eigenvalue weighted by atomic mass is 9.98. The minimum Gasteiger partial charge on any atom is -0.336 e. The summed E-state index contributed by atoms with van der Waals surface area (Å²) in [6.45, 7) is -8.81. The first-order valence-corrected chi connectivity index (χ1v) is 15.8. The number of halogens is 4. The van der Waals surface area contributed by atoms with Gasteiger partial charge in [0.2, 0.25) is 5.91 Å². The molecule has 0 bridgehead atoms. The van der Waals surface area contributed by atoms with Crippen molar-refractivity contribution in [3.05, 3.63) is 116 Å². The molecule has 0 fully saturated rings. The lowest BCUT2D eigenvalue weighted by Gasteiger charge is -2.28. The van der Waals surface area contributed by atoms with Crippen molar-refractivity contribution in [1.29, 1.82) is 0 Å². The van der Waals surface area contributed by atoms with Crippen LogP contribution in [0.2, 0.25) is 0 Å². The van der Waals surface area contributed by atoms with E-state index in [0.717, 1.165) is 30.9 Å². The Labute approximate surface area is 314 Å². The van der Waals surface area contributed by atoms with Gasteiger partial charge in [-0.25, -0.2) is 4.39 Å². The molecule has 0 aliphatic heterocycles. The largest absolute Gasteiger partial charge is 0.416 e. The van der Waals surface area contributed by atoms with Crippen LogP contribution < -0.4 is 5.56 Å². The Kier molecular flexibility index (Phi) is 6.24. The second-order valence-corrected chi connectivity index (χ2v) is 11.5. The predicted molar refractivity (Wildman–Crippen MR) is 186 cm³/mol. The van der Waals surface area contributed by atoms with Gasteiger partial charge in [-0.3, -0.25) is 9.59 Å². The van der Waals surface area contributed by atoms with Crippen LogP contribution in [0.4, 0.5) is 17.6 Å². The topological polar surface area (TPSA) is 58.4 Å². The smallest absolute Gasteiger partial charge is 0.336 e. The number of hydrogen-bond donors (Lipinski definition) is 0. The molecule has 260 valence electrons. The molecule has 6 nitrogen and oxygen atoms in total. The van der Waals surface area contributed by atoms with Gasteiger partial charge in [0.05, 0.1) is 20.6 Å². The van der Waals surface area contributed by atoms with E-state index < -0.39 is 155 Å². The summed E-state index contributed by atoms with van der Waals surface area (Å²) in [6, 6.07) is -3.89. The zero-order valence-corrected chi connectivity index (χ0v) is 27.5. The fourth-order valence-electron chi connectivity index (χ4n) is 4.50. The van der Waals surface area contributed by atoms with Crippen molar-refractivity contribution in [2.75, 3.05) is 26.1 Å². The molecule has 1 heterocycles. The molecule has 3 aromatic carbocycles. The maximum atomic E-state index is 15.2. The van der Waals surface area contributed by atoms with Gasteiger partial charge in [0.15, 0.2) is 5.16 Å². The highest BCUT2D eigenvalue weighted by Crippen LogP contribution is 2.34. The van der Waals surface area contributed by atoms with Crippen molar-refractivity contribution in [3.8, 4) is 11.1 Å². The number of carbonyl (C=O) groups excluding carboxylic acids is 1. The van der Waals surface area contributed by atoms with Crippen molar-refractivity contribution in [3.63, 3.8) is 0 Å². The summed E-state index contributed by atoms with van der Waals surface area (Å²) in [5.41, 5.74) is -8.94. The number of carbonyl (C=O) groups is 1. The Morgan fingerprint density at radius 2 is 1.73 bits per heavy atom. The molecule has 0 saturated carbocycles. The maximum absolute atomic E-state index is 15.2. The minimum absolute atomic E-state index is 0.142. The average Bonchev–Trinajstić information content (AvgIpc) is 3.32. The van der Waals surface area contributed by atoms with Crippen molar-refractivity contribution < 1.29 is 47.0 Å². The molecule has 1 atom stereocenters. The van der Waals surface area contributed by atoms with Crippen LogP contribution in [0.3, 0.4) is 0 Å². The highest BCUT2D eigenvalue weighted by molar-refractivity contribution is 7.98. The lowest BCUT2D eigenvalue weighted by molar-refractivity contribution is -0.138. The van der Waals surface area contributed by atoms with E-state index in [4.69, 9.17) is 19.2 Å². The fourth-order valence-corrected chi connectivity index (χ4v) is 5.40. The molecule has 0 saturated heterocycles. The zero-order valence-electron chi connectivity index (χ0n) is 44.7. The number of hydrogen-bond acceptors (Lipinski definition) is 5. The lowest BCUT2D eigenvalue weighted by Crippen LogP contribution is -2.40. The summed E-state index contributed by atoms with van der Waals surface area (Å²) in [7, 11) is 0. The number of aromatic nitrogens is 2. The molecule has 49 heavy (non-hydrogen) atoms. The van der Waals surface area contributed by atoms with E-state index in [-0.39, 0.29) is 28.3 Å². The van der Waals surface area contributed by atoms with Crippen molar-refractivity contribution in [1.82, 2.24) is 19.4 Å². The molecule has 0 radical (unpaired) electrons. The average molecular weight is 713 g/mol. The number of nitrogens with zero attached hydrogens (tertiary/aromatic N) is 4. The highest BCUT2D eigenvalue weighted by Gasteiger charge is 2.32. The van der Waals surface area contributed by atoms with Gasteiger partial charge in [-0.2, -0.15) is 18.2 Å². The Morgan fingerprint density at radius 3 is 2.39 bits per heavy atom. The summed E-state index contributed by atoms with van der Waals surface area (Å²) in [5.74, 6) is -6.04. The van der Waals surface area contributed by atoms with Gasteiger partial charge in [-0.05, 0) is 84.6 Å². The highest BCUT2D eigenvalue weighted by atomic mass is 32.2. The first-order valence-electron chi connectivity index (χ1n) is 23.8. The van der Waals surface area contributed by atoms with Crippen LogP contribution in [-0.2, 0) is 42.5 Å². The van der Waals surface area contributed by atoms with Crippen LogP contribution in [0.1, 0.15) is 79.0 Å². The van der Waals surface area contributed by atoms with Crippen LogP contribution in [-0.4, -0.2) is 51.3 Å². The SMILES string of the molecule is [2H]c1c([2H])c(-c2c([2H])c([2H])c(C(F)(F)F)c(C)c2[2H])c([2H])c([2H])c1CN(C(=O)C([2H])([2H])n1c(SCc2ccc(F)cc2)nc(=O)c2c1C([2H])([2H])C([2H])(C)C2([2H])[2H])C([2H])([2H])C([2H])([2H])N(CC)CC. The number of likely N-dealkylation sites (N-methyl/N-ethyl adjacent to an activating group) is 1. The normalized spacial score (nSPS) is 24.1. The molecule has 1 unspecified atom stereocenters. The summed E-state index contributed by atoms with van der Waals surface area (Å²) >= 11 is 0.463. The third-order valence-electron chi connectivity index (χ3n) is 7.05. The summed E-state index contributed by atoms with van der Waals surface area (Å²) in [6.07, 6.45) is -11.8. The molecule has 1 aliphatic carbocycles. The van der Waals surface area contributed by atoms with Crippen LogP contribution in [0.25, 0.3) is 11.1 Å². The van der Waals surface area contributed by atoms with Crippen molar-refractivity contribution in [2.24, 2.45) is 5.89 Å². The summed E-state index contributed by atoms with van der Waals surface area (Å²) < 4.78 is 216. The van der Waals surface area contributed by atoms with Crippen molar-refractivity contribution >= 4 is 17.7 Å². The van der Waals surface area contributed by atoms with Gasteiger partial charge >= 0.3 is 6.18 Å². The molecule has 0 N–H and O–H groups in total. The Balaban J connectivity index is 1.84. The maximum Gasteiger partial charge on any atom is 0.416 e. The number of rotatable bonds is 13. The summed E-state index contributed by atoms with van der Waals surface area (Å²) in [5, 5.41) is -0.845. The number of alkyl halides is 3. The van der Waals surface area contributed by atoms with E-state index in [1.165, 1.54) is 26.0 Å². The molecule has 1 amide bonds. The molecule has 1 aliphatic rings. The number of thioether (sulfide) groups is 1. The van der Waals surface area contributed by atoms with Gasteiger partial charge < -0.3 is 14.4 Å². The van der Waals surface area contributed by atoms with Gasteiger partial charge in [-0.15, -0.1) is 0 Å². The van der Waals surface area contributed by atoms with E-state index in [2.05, 4.69) is 4.98 Å². The van der Waals surface area contributed by atoms with Crippen molar-refractivity contribution in [2.45, 2.75) is 70.6 Å². The van der Waals surface area contributed by atoms with Crippen LogP contribution in [0.5, 0.6) is 0 Å². The molecule has 1 aromatic heterocycles. The van der Waals surface area contributed by atoms with E-state index in [1.807, 2.05) is 0 Å². The van der Waals surface area contributed by atoms with Crippen LogP contribution >= 0.6 is 11.8 Å². The Morgan fingerprint density at radius 1 is 1.06 bits per heavy atom. The first-order chi connectivity index (χ1) is 30.4. The van der Waals surface area contributed by atoms with E-state index in [1.54, 1.807) is 0 Å². The third-order valence-corrected chi connectivity index (χ3v) is 8.06. The minimum atomic E-state index is -5.22. The van der Waals surface area contributed by atoms with Gasteiger partial charge in [-0.1, -0.05) is 80.9 Å². The molecular weight excluding hydrogens is 653 g/mol. The zero-order chi connectivity index (χ0) is 51.3. The van der Waals surface area contributed by atoms with Gasteiger partial charge in [0.1, 0.15) is 12.3 Å². The standard InChI is InChI=1S/C38H42F4N4O2S/c1-5-44(6-2)17-18-45(22-27-7-11-29(12-8-27)30-13-16-33(26(4)21-30)38(40,41)42)35(47)23-46-34-20-25(3)19-32(34)36(48)43-37(46)49-24-28-9-14-31(39)15-10-28/h7-16,21,25H,5-6,17-20,22-24H2,1-4H3/i7D,8D,11D,12D,13D,16D,17D2,18D2,19D2,20D2,21D,23D2,25D.